The maximum atomic E-state index is 12.5. The van der Waals surface area contributed by atoms with Gasteiger partial charge < -0.3 is 9.47 Å². The van der Waals surface area contributed by atoms with Gasteiger partial charge in [-0.1, -0.05) is 0 Å². The van der Waals surface area contributed by atoms with E-state index in [9.17, 15) is 8.42 Å². The van der Waals surface area contributed by atoms with E-state index in [1.807, 2.05) is 0 Å². The predicted octanol–water partition coefficient (Wildman–Crippen LogP) is 3.05. The molecule has 112 valence electrons. The van der Waals surface area contributed by atoms with Gasteiger partial charge >= 0.3 is 0 Å². The number of benzene rings is 2. The molecule has 7 heteroatoms. The first-order chi connectivity index (χ1) is 10.1. The fraction of sp³-hybridized carbons (Fsp3) is 0.143. The summed E-state index contributed by atoms with van der Waals surface area (Å²) in [5.41, 5.74) is 0. The van der Waals surface area contributed by atoms with E-state index in [2.05, 4.69) is 25.3 Å². The highest BCUT2D eigenvalue weighted by atomic mass is 32.2. The van der Waals surface area contributed by atoms with Crippen molar-refractivity contribution in [1.82, 2.24) is 0 Å². The quantitative estimate of drug-likeness (QED) is 0.626. The molecule has 0 fully saturated rings. The molecule has 0 aliphatic rings. The fourth-order valence-corrected chi connectivity index (χ4v) is 3.27. The van der Waals surface area contributed by atoms with Gasteiger partial charge in [0.15, 0.2) is 0 Å². The Hall–Kier alpha value is -1.31. The fourth-order valence-electron chi connectivity index (χ4n) is 1.72. The Morgan fingerprint density at radius 1 is 0.714 bits per heavy atom. The smallest absolute Gasteiger partial charge is 0.206 e. The molecule has 2 aromatic carbocycles. The maximum absolute atomic E-state index is 12.5. The molecule has 2 aromatic rings. The van der Waals surface area contributed by atoms with E-state index in [0.717, 1.165) is 0 Å². The number of rotatable bonds is 6. The highest BCUT2D eigenvalue weighted by Crippen LogP contribution is 2.25. The number of ether oxygens (including phenoxy) is 2. The summed E-state index contributed by atoms with van der Waals surface area (Å²) in [7, 11) is -3.55. The molecule has 0 spiro atoms. The first-order valence-electron chi connectivity index (χ1n) is 6.00. The van der Waals surface area contributed by atoms with Crippen molar-refractivity contribution in [2.75, 3.05) is 11.9 Å². The van der Waals surface area contributed by atoms with Crippen LogP contribution in [0.25, 0.3) is 0 Å². The summed E-state index contributed by atoms with van der Waals surface area (Å²) in [6, 6.07) is 12.4. The lowest BCUT2D eigenvalue weighted by molar-refractivity contribution is 0.394. The molecule has 21 heavy (non-hydrogen) atoms. The highest BCUT2D eigenvalue weighted by molar-refractivity contribution is 7.91. The summed E-state index contributed by atoms with van der Waals surface area (Å²) in [5, 5.41) is 0. The number of hydrogen-bond acceptors (Lipinski definition) is 6. The highest BCUT2D eigenvalue weighted by Gasteiger charge is 2.17. The normalized spacial score (nSPS) is 11.1. The molecule has 0 bridgehead atoms. The van der Waals surface area contributed by atoms with E-state index in [0.29, 0.717) is 11.5 Å². The van der Waals surface area contributed by atoms with E-state index >= 15 is 0 Å². The number of sulfone groups is 1. The topological polar surface area (TPSA) is 52.6 Å². The summed E-state index contributed by atoms with van der Waals surface area (Å²) in [6.45, 7) is 0. The summed E-state index contributed by atoms with van der Waals surface area (Å²) < 4.78 is 35.3. The molecular formula is C14H14O4S3. The zero-order chi connectivity index (χ0) is 15.3. The third-order valence-electron chi connectivity index (χ3n) is 2.73. The Labute approximate surface area is 134 Å². The predicted molar refractivity (Wildman–Crippen MR) is 87.3 cm³/mol. The standard InChI is InChI=1S/C14H14O4S3/c15-21(16,13-5-1-11(2-6-13)17-9-19)14-7-3-12(4-8-14)18-10-20/h1-8,19-20H,9-10H2. The minimum Gasteiger partial charge on any atom is -0.483 e. The summed E-state index contributed by atoms with van der Waals surface area (Å²) in [5.74, 6) is 1.61. The second-order valence-electron chi connectivity index (χ2n) is 3.99. The van der Waals surface area contributed by atoms with Crippen LogP contribution < -0.4 is 9.47 Å². The second kappa shape index (κ2) is 7.11. The Kier molecular flexibility index (Phi) is 5.44. The largest absolute Gasteiger partial charge is 0.483 e. The third kappa shape index (κ3) is 3.87. The van der Waals surface area contributed by atoms with Crippen LogP contribution in [0.3, 0.4) is 0 Å². The van der Waals surface area contributed by atoms with Crippen molar-refractivity contribution in [3.05, 3.63) is 48.5 Å². The van der Waals surface area contributed by atoms with Gasteiger partial charge in [0.05, 0.1) is 9.79 Å². The molecular weight excluding hydrogens is 328 g/mol. The van der Waals surface area contributed by atoms with Gasteiger partial charge in [0.25, 0.3) is 0 Å². The van der Waals surface area contributed by atoms with E-state index in [1.165, 1.54) is 24.3 Å². The number of hydrogen-bond donors (Lipinski definition) is 2. The molecule has 0 unspecified atom stereocenters. The lowest BCUT2D eigenvalue weighted by Gasteiger charge is -2.07. The minimum atomic E-state index is -3.55. The summed E-state index contributed by atoms with van der Waals surface area (Å²) in [6.07, 6.45) is 0. The second-order valence-corrected chi connectivity index (χ2v) is 6.46. The van der Waals surface area contributed by atoms with Crippen LogP contribution in [0.2, 0.25) is 0 Å². The van der Waals surface area contributed by atoms with Crippen LogP contribution in [-0.4, -0.2) is 20.3 Å². The molecule has 0 aliphatic carbocycles. The van der Waals surface area contributed by atoms with E-state index in [1.54, 1.807) is 24.3 Å². The van der Waals surface area contributed by atoms with Crippen LogP contribution in [0, 0.1) is 0 Å². The van der Waals surface area contributed by atoms with Crippen molar-refractivity contribution in [2.24, 2.45) is 0 Å². The van der Waals surface area contributed by atoms with Crippen molar-refractivity contribution in [1.29, 1.82) is 0 Å². The first kappa shape index (κ1) is 16.1. The van der Waals surface area contributed by atoms with Crippen molar-refractivity contribution in [3.63, 3.8) is 0 Å². The zero-order valence-electron chi connectivity index (χ0n) is 11.0. The SMILES string of the molecule is O=S(=O)(c1ccc(OCS)cc1)c1ccc(OCS)cc1. The summed E-state index contributed by atoms with van der Waals surface area (Å²) in [4.78, 5) is 0.411. The average molecular weight is 342 g/mol. The average Bonchev–Trinajstić information content (AvgIpc) is 2.49. The molecule has 0 aromatic heterocycles. The lowest BCUT2D eigenvalue weighted by atomic mass is 10.3. The van der Waals surface area contributed by atoms with Crippen LogP contribution in [0.1, 0.15) is 0 Å². The summed E-state index contributed by atoms with van der Waals surface area (Å²) >= 11 is 7.88. The van der Waals surface area contributed by atoms with Crippen molar-refractivity contribution in [3.8, 4) is 11.5 Å². The first-order valence-corrected chi connectivity index (χ1v) is 8.75. The van der Waals surface area contributed by atoms with Gasteiger partial charge in [0.1, 0.15) is 23.4 Å². The molecule has 2 rings (SSSR count). The van der Waals surface area contributed by atoms with E-state index < -0.39 is 9.84 Å². The van der Waals surface area contributed by atoms with Crippen LogP contribution in [0.5, 0.6) is 11.5 Å². The van der Waals surface area contributed by atoms with Gasteiger partial charge in [-0.25, -0.2) is 8.42 Å². The number of thiol groups is 2. The molecule has 0 atom stereocenters. The van der Waals surface area contributed by atoms with Crippen LogP contribution in [-0.2, 0) is 9.84 Å². The van der Waals surface area contributed by atoms with E-state index in [-0.39, 0.29) is 21.7 Å². The molecule has 0 radical (unpaired) electrons. The molecule has 0 heterocycles. The molecule has 4 nitrogen and oxygen atoms in total. The van der Waals surface area contributed by atoms with Crippen molar-refractivity contribution >= 4 is 35.1 Å². The molecule has 0 saturated carbocycles. The molecule has 0 amide bonds. The van der Waals surface area contributed by atoms with Gasteiger partial charge in [0.2, 0.25) is 9.84 Å². The van der Waals surface area contributed by atoms with Gasteiger partial charge in [-0.05, 0) is 48.5 Å². The van der Waals surface area contributed by atoms with Crippen molar-refractivity contribution in [2.45, 2.75) is 9.79 Å². The van der Waals surface area contributed by atoms with Gasteiger partial charge in [0, 0.05) is 0 Å². The van der Waals surface area contributed by atoms with Gasteiger partial charge in [-0.15, -0.1) is 25.3 Å². The van der Waals surface area contributed by atoms with E-state index in [4.69, 9.17) is 9.47 Å². The Balaban J connectivity index is 2.28. The van der Waals surface area contributed by atoms with Crippen molar-refractivity contribution < 1.29 is 17.9 Å². The minimum absolute atomic E-state index is 0.205. The van der Waals surface area contributed by atoms with Crippen LogP contribution in [0.15, 0.2) is 58.3 Å². The van der Waals surface area contributed by atoms with Crippen LogP contribution in [0.4, 0.5) is 0 Å². The Morgan fingerprint density at radius 2 is 1.05 bits per heavy atom. The van der Waals surface area contributed by atoms with Gasteiger partial charge in [-0.2, -0.15) is 0 Å². The van der Waals surface area contributed by atoms with Crippen LogP contribution >= 0.6 is 25.3 Å². The monoisotopic (exact) mass is 342 g/mol. The molecule has 0 N–H and O–H groups in total. The third-order valence-corrected chi connectivity index (χ3v) is 4.77. The lowest BCUT2D eigenvalue weighted by Crippen LogP contribution is -2.02. The molecule has 0 aliphatic heterocycles. The zero-order valence-corrected chi connectivity index (χ0v) is 13.6. The van der Waals surface area contributed by atoms with Gasteiger partial charge in [-0.3, -0.25) is 0 Å². The molecule has 0 saturated heterocycles. The maximum Gasteiger partial charge on any atom is 0.206 e. The Bertz CT molecular complexity index is 624. The Morgan fingerprint density at radius 3 is 1.33 bits per heavy atom.